The van der Waals surface area contributed by atoms with E-state index in [1.165, 1.54) is 10.9 Å². The lowest BCUT2D eigenvalue weighted by atomic mass is 10.0. The third kappa shape index (κ3) is 2.68. The van der Waals surface area contributed by atoms with Gasteiger partial charge in [0, 0.05) is 6.42 Å². The van der Waals surface area contributed by atoms with Crippen LogP contribution in [-0.4, -0.2) is 71.0 Å². The summed E-state index contributed by atoms with van der Waals surface area (Å²) in [6, 6.07) is 0. The molecule has 0 bridgehead atoms. The van der Waals surface area contributed by atoms with Gasteiger partial charge in [-0.1, -0.05) is 0 Å². The summed E-state index contributed by atoms with van der Waals surface area (Å²) in [5.41, 5.74) is 5.05. The van der Waals surface area contributed by atoms with E-state index in [-0.39, 0.29) is 23.5 Å². The Hall–Kier alpha value is -2.05. The van der Waals surface area contributed by atoms with Crippen molar-refractivity contribution in [3.8, 4) is 0 Å². The zero-order valence-electron chi connectivity index (χ0n) is 11.9. The minimum atomic E-state index is -1.36. The number of hydrogen-bond donors (Lipinski definition) is 6. The van der Waals surface area contributed by atoms with Gasteiger partial charge >= 0.3 is 0 Å². The minimum absolute atomic E-state index is 0.000826. The molecule has 1 fully saturated rings. The van der Waals surface area contributed by atoms with E-state index in [9.17, 15) is 25.2 Å². The Balaban J connectivity index is 2.07. The van der Waals surface area contributed by atoms with Crippen LogP contribution in [0.5, 0.6) is 0 Å². The van der Waals surface area contributed by atoms with Gasteiger partial charge in [-0.15, -0.1) is 0 Å². The molecule has 3 rings (SSSR count). The molecule has 11 heteroatoms. The summed E-state index contributed by atoms with van der Waals surface area (Å²) in [4.78, 5) is 22.0. The van der Waals surface area contributed by atoms with Crippen LogP contribution < -0.4 is 11.3 Å². The molecule has 126 valence electrons. The standard InChI is InChI=1S/C12H17N5O6/c13-12-15-9-7(10(22)16-12)14-3-17(9)11-5(20)1-4(19)8(21)6(2-18)23-11/h3-6,8,11,18-21H,1-2H2,(H3,13,15,16,22)/t4-,5-,6-,8+,11-/m1/s1. The van der Waals surface area contributed by atoms with Crippen LogP contribution >= 0.6 is 0 Å². The van der Waals surface area contributed by atoms with Crippen molar-refractivity contribution in [1.82, 2.24) is 19.5 Å². The largest absolute Gasteiger partial charge is 0.394 e. The minimum Gasteiger partial charge on any atom is -0.394 e. The summed E-state index contributed by atoms with van der Waals surface area (Å²) in [6.45, 7) is -0.565. The molecule has 0 radical (unpaired) electrons. The van der Waals surface area contributed by atoms with Crippen LogP contribution in [0.25, 0.3) is 11.2 Å². The summed E-state index contributed by atoms with van der Waals surface area (Å²) >= 11 is 0. The van der Waals surface area contributed by atoms with Crippen molar-refractivity contribution < 1.29 is 25.2 Å². The quantitative estimate of drug-likeness (QED) is 0.336. The van der Waals surface area contributed by atoms with Gasteiger partial charge in [-0.05, 0) is 0 Å². The Kier molecular flexibility index (Phi) is 4.04. The van der Waals surface area contributed by atoms with Crippen molar-refractivity contribution in [3.05, 3.63) is 16.7 Å². The first kappa shape index (κ1) is 15.8. The Morgan fingerprint density at radius 1 is 1.39 bits per heavy atom. The van der Waals surface area contributed by atoms with Gasteiger partial charge in [0.05, 0.1) is 19.0 Å². The molecule has 0 aromatic carbocycles. The number of imidazole rings is 1. The number of nitrogens with one attached hydrogen (secondary N) is 1. The van der Waals surface area contributed by atoms with Gasteiger partial charge in [-0.3, -0.25) is 14.3 Å². The van der Waals surface area contributed by atoms with E-state index in [1.807, 2.05) is 0 Å². The molecule has 3 heterocycles. The number of aliphatic hydroxyl groups excluding tert-OH is 4. The molecular weight excluding hydrogens is 310 g/mol. The van der Waals surface area contributed by atoms with E-state index in [1.54, 1.807) is 0 Å². The smallest absolute Gasteiger partial charge is 0.280 e. The highest BCUT2D eigenvalue weighted by atomic mass is 16.5. The monoisotopic (exact) mass is 327 g/mol. The molecule has 0 spiro atoms. The summed E-state index contributed by atoms with van der Waals surface area (Å²) in [6.07, 6.45) is -5.06. The Morgan fingerprint density at radius 2 is 2.13 bits per heavy atom. The van der Waals surface area contributed by atoms with Crippen LogP contribution in [0.15, 0.2) is 11.1 Å². The predicted molar refractivity (Wildman–Crippen MR) is 76.2 cm³/mol. The molecule has 0 amide bonds. The summed E-state index contributed by atoms with van der Waals surface area (Å²) in [5.74, 6) is -0.133. The van der Waals surface area contributed by atoms with E-state index in [0.717, 1.165) is 0 Å². The number of nitrogen functional groups attached to an aromatic ring is 1. The van der Waals surface area contributed by atoms with E-state index >= 15 is 0 Å². The summed E-state index contributed by atoms with van der Waals surface area (Å²) in [5, 5.41) is 39.3. The van der Waals surface area contributed by atoms with Gasteiger partial charge in [0.15, 0.2) is 17.4 Å². The average Bonchev–Trinajstić information content (AvgIpc) is 2.87. The maximum Gasteiger partial charge on any atom is 0.280 e. The third-order valence-corrected chi connectivity index (χ3v) is 3.81. The van der Waals surface area contributed by atoms with E-state index < -0.39 is 42.8 Å². The van der Waals surface area contributed by atoms with E-state index in [0.29, 0.717) is 0 Å². The first-order valence-electron chi connectivity index (χ1n) is 6.95. The van der Waals surface area contributed by atoms with E-state index in [2.05, 4.69) is 15.0 Å². The lowest BCUT2D eigenvalue weighted by Gasteiger charge is -2.25. The van der Waals surface area contributed by atoms with Gasteiger partial charge in [0.2, 0.25) is 5.95 Å². The molecule has 0 aliphatic carbocycles. The molecular formula is C12H17N5O6. The molecule has 23 heavy (non-hydrogen) atoms. The Labute approximate surface area is 129 Å². The number of nitrogens with zero attached hydrogens (tertiary/aromatic N) is 3. The maximum atomic E-state index is 11.8. The second-order valence-corrected chi connectivity index (χ2v) is 5.38. The van der Waals surface area contributed by atoms with Gasteiger partial charge in [-0.2, -0.15) is 4.98 Å². The fraction of sp³-hybridized carbons (Fsp3) is 0.583. The Bertz CT molecular complexity index is 760. The molecule has 0 saturated carbocycles. The normalized spacial score (nSPS) is 32.1. The number of fused-ring (bicyclic) bond motifs is 1. The first-order chi connectivity index (χ1) is 10.9. The van der Waals surface area contributed by atoms with Gasteiger partial charge in [0.25, 0.3) is 5.56 Å². The third-order valence-electron chi connectivity index (χ3n) is 3.81. The van der Waals surface area contributed by atoms with Crippen molar-refractivity contribution in [3.63, 3.8) is 0 Å². The molecule has 7 N–H and O–H groups in total. The topological polar surface area (TPSA) is 180 Å². The Morgan fingerprint density at radius 3 is 2.83 bits per heavy atom. The molecule has 0 unspecified atom stereocenters. The van der Waals surface area contributed by atoms with Crippen LogP contribution in [0.4, 0.5) is 5.95 Å². The fourth-order valence-electron chi connectivity index (χ4n) is 2.63. The molecule has 2 aromatic rings. The summed E-state index contributed by atoms with van der Waals surface area (Å²) in [7, 11) is 0. The van der Waals surface area contributed by atoms with Gasteiger partial charge < -0.3 is 30.9 Å². The number of aliphatic hydroxyl groups is 4. The molecule has 5 atom stereocenters. The van der Waals surface area contributed by atoms with Crippen LogP contribution in [0.3, 0.4) is 0 Å². The van der Waals surface area contributed by atoms with Crippen molar-refractivity contribution in [2.24, 2.45) is 0 Å². The number of hydrogen-bond acceptors (Lipinski definition) is 9. The van der Waals surface area contributed by atoms with Gasteiger partial charge in [-0.25, -0.2) is 4.98 Å². The van der Waals surface area contributed by atoms with Crippen molar-refractivity contribution in [2.45, 2.75) is 37.1 Å². The van der Waals surface area contributed by atoms with Crippen LogP contribution in [0, 0.1) is 0 Å². The number of anilines is 1. The summed E-state index contributed by atoms with van der Waals surface area (Å²) < 4.78 is 6.78. The number of ether oxygens (including phenoxy) is 1. The molecule has 1 aliphatic rings. The predicted octanol–water partition coefficient (Wildman–Crippen LogP) is -2.94. The van der Waals surface area contributed by atoms with Crippen molar-refractivity contribution in [2.75, 3.05) is 12.3 Å². The lowest BCUT2D eigenvalue weighted by Crippen LogP contribution is -2.39. The molecule has 1 saturated heterocycles. The van der Waals surface area contributed by atoms with Crippen molar-refractivity contribution in [1.29, 1.82) is 0 Å². The van der Waals surface area contributed by atoms with Crippen LogP contribution in [-0.2, 0) is 4.74 Å². The lowest BCUT2D eigenvalue weighted by molar-refractivity contribution is -0.146. The van der Waals surface area contributed by atoms with Gasteiger partial charge in [0.1, 0.15) is 18.3 Å². The highest BCUT2D eigenvalue weighted by Crippen LogP contribution is 2.28. The zero-order chi connectivity index (χ0) is 16.7. The number of rotatable bonds is 2. The first-order valence-corrected chi connectivity index (χ1v) is 6.95. The molecule has 11 nitrogen and oxygen atoms in total. The zero-order valence-corrected chi connectivity index (χ0v) is 11.9. The number of aromatic nitrogens is 4. The fourth-order valence-corrected chi connectivity index (χ4v) is 2.63. The maximum absolute atomic E-state index is 11.8. The van der Waals surface area contributed by atoms with Crippen LogP contribution in [0.2, 0.25) is 0 Å². The second kappa shape index (κ2) is 5.86. The highest BCUT2D eigenvalue weighted by Gasteiger charge is 2.39. The number of nitrogens with two attached hydrogens (primary N) is 1. The molecule has 2 aromatic heterocycles. The van der Waals surface area contributed by atoms with Crippen molar-refractivity contribution >= 4 is 17.1 Å². The number of aromatic amines is 1. The average molecular weight is 327 g/mol. The van der Waals surface area contributed by atoms with E-state index in [4.69, 9.17) is 10.5 Å². The highest BCUT2D eigenvalue weighted by molar-refractivity contribution is 5.70. The van der Waals surface area contributed by atoms with Crippen LogP contribution in [0.1, 0.15) is 12.6 Å². The molecule has 1 aliphatic heterocycles. The number of H-pyrrole nitrogens is 1. The SMILES string of the molecule is Nc1nc2c(ncn2[C@@H]2O[C@H](CO)[C@@H](O)[C@H](O)C[C@H]2O)c(=O)[nH]1. The second-order valence-electron chi connectivity index (χ2n) is 5.38.